The molecule has 11 heteroatoms. The third-order valence-corrected chi connectivity index (χ3v) is 8.29. The first-order chi connectivity index (χ1) is 22.7. The molecule has 1 aliphatic heterocycles. The Morgan fingerprint density at radius 2 is 1.46 bits per heavy atom. The molecule has 0 bridgehead atoms. The third kappa shape index (κ3) is 8.26. The molecule has 1 atom stereocenters. The predicted molar refractivity (Wildman–Crippen MR) is 184 cm³/mol. The van der Waals surface area contributed by atoms with Crippen LogP contribution < -0.4 is 15.7 Å². The minimum absolute atomic E-state index is 0.0132. The minimum Gasteiger partial charge on any atom is -0.458 e. The third-order valence-electron chi connectivity index (χ3n) is 8.29. The van der Waals surface area contributed by atoms with E-state index in [2.05, 4.69) is 40.0 Å². The summed E-state index contributed by atoms with van der Waals surface area (Å²) in [6.45, 7) is 12.9. The lowest BCUT2D eigenvalue weighted by molar-refractivity contribution is -0.160. The molecule has 3 aromatic carbocycles. The van der Waals surface area contributed by atoms with Crippen LogP contribution in [0.2, 0.25) is 0 Å². The van der Waals surface area contributed by atoms with Gasteiger partial charge in [-0.3, -0.25) is 15.5 Å². The second-order valence-electron chi connectivity index (χ2n) is 14.1. The van der Waals surface area contributed by atoms with Crippen molar-refractivity contribution in [2.75, 3.05) is 49.8 Å². The number of nitrogens with zero attached hydrogens (tertiary/aromatic N) is 2. The highest BCUT2D eigenvalue weighted by atomic mass is 16.6. The molecule has 3 N–H and O–H groups in total. The van der Waals surface area contributed by atoms with Crippen LogP contribution in [0.1, 0.15) is 68.9 Å². The Morgan fingerprint density at radius 3 is 2.02 bits per heavy atom. The maximum atomic E-state index is 13.5. The van der Waals surface area contributed by atoms with E-state index in [9.17, 15) is 19.6 Å². The van der Waals surface area contributed by atoms with Crippen molar-refractivity contribution in [2.45, 2.75) is 64.7 Å². The number of nitrogens with one attached hydrogen (secondary N) is 2. The number of ether oxygens (including phenoxy) is 3. The van der Waals surface area contributed by atoms with Gasteiger partial charge in [0.05, 0.1) is 23.5 Å². The normalized spacial score (nSPS) is 15.3. The zero-order valence-corrected chi connectivity index (χ0v) is 28.5. The molecule has 1 unspecified atom stereocenters. The molecule has 0 saturated carbocycles. The van der Waals surface area contributed by atoms with Crippen LogP contribution in [0.15, 0.2) is 66.7 Å². The van der Waals surface area contributed by atoms with E-state index in [4.69, 9.17) is 14.2 Å². The molecule has 0 radical (unpaired) electrons. The summed E-state index contributed by atoms with van der Waals surface area (Å²) in [5.41, 5.74) is 6.49. The second-order valence-corrected chi connectivity index (χ2v) is 14.1. The lowest BCUT2D eigenvalue weighted by Crippen LogP contribution is -2.49. The average molecular weight is 659 g/mol. The Hall–Kier alpha value is -4.61. The van der Waals surface area contributed by atoms with Crippen LogP contribution in [0.3, 0.4) is 0 Å². The summed E-state index contributed by atoms with van der Waals surface area (Å²) < 4.78 is 17.2. The molecule has 3 aromatic rings. The zero-order chi connectivity index (χ0) is 34.6. The predicted octanol–water partition coefficient (Wildman–Crippen LogP) is 5.81. The Kier molecular flexibility index (Phi) is 10.3. The SMILES string of the molecule is CC(C)(C)OCC(NC(=O)c1cc(N2CCN(C(=O)OCC3c4ccccc4-c4ccccc43)CC2)ccc1NO)C(=O)OC(C)(C)C. The Morgan fingerprint density at radius 1 is 0.854 bits per heavy atom. The summed E-state index contributed by atoms with van der Waals surface area (Å²) >= 11 is 0. The van der Waals surface area contributed by atoms with Gasteiger partial charge in [0.15, 0.2) is 6.04 Å². The van der Waals surface area contributed by atoms with E-state index in [1.54, 1.807) is 43.9 Å². The summed E-state index contributed by atoms with van der Waals surface area (Å²) in [6.07, 6.45) is -0.359. The number of piperazine rings is 1. The summed E-state index contributed by atoms with van der Waals surface area (Å²) in [6, 6.07) is 20.4. The first kappa shape index (κ1) is 34.7. The number of anilines is 2. The first-order valence-corrected chi connectivity index (χ1v) is 16.3. The fraction of sp³-hybridized carbons (Fsp3) is 0.432. The zero-order valence-electron chi connectivity index (χ0n) is 28.5. The maximum absolute atomic E-state index is 13.5. The molecule has 11 nitrogen and oxygen atoms in total. The van der Waals surface area contributed by atoms with Crippen LogP contribution in [0.4, 0.5) is 16.2 Å². The number of hydrogen-bond acceptors (Lipinski definition) is 9. The molecule has 2 amide bonds. The molecular weight excluding hydrogens is 612 g/mol. The average Bonchev–Trinajstić information content (AvgIpc) is 3.37. The van der Waals surface area contributed by atoms with Crippen molar-refractivity contribution >= 4 is 29.3 Å². The molecule has 1 fully saturated rings. The van der Waals surface area contributed by atoms with Crippen molar-refractivity contribution in [1.82, 2.24) is 10.2 Å². The molecule has 1 saturated heterocycles. The Bertz CT molecular complexity index is 1590. The lowest BCUT2D eigenvalue weighted by Gasteiger charge is -2.36. The van der Waals surface area contributed by atoms with Gasteiger partial charge in [0.2, 0.25) is 0 Å². The number of hydrogen-bond donors (Lipinski definition) is 3. The van der Waals surface area contributed by atoms with Crippen molar-refractivity contribution < 1.29 is 33.8 Å². The summed E-state index contributed by atoms with van der Waals surface area (Å²) in [7, 11) is 0. The van der Waals surface area contributed by atoms with E-state index in [-0.39, 0.29) is 36.5 Å². The highest BCUT2D eigenvalue weighted by Crippen LogP contribution is 2.44. The van der Waals surface area contributed by atoms with Crippen LogP contribution >= 0.6 is 0 Å². The molecule has 2 aliphatic rings. The van der Waals surface area contributed by atoms with Gasteiger partial charge in [-0.1, -0.05) is 48.5 Å². The first-order valence-electron chi connectivity index (χ1n) is 16.3. The largest absolute Gasteiger partial charge is 0.458 e. The monoisotopic (exact) mass is 658 g/mol. The van der Waals surface area contributed by atoms with Crippen molar-refractivity contribution in [3.05, 3.63) is 83.4 Å². The molecule has 0 spiro atoms. The van der Waals surface area contributed by atoms with Crippen LogP contribution in [-0.2, 0) is 19.0 Å². The minimum atomic E-state index is -1.08. The van der Waals surface area contributed by atoms with E-state index in [0.29, 0.717) is 26.2 Å². The number of carbonyl (C=O) groups excluding carboxylic acids is 3. The van der Waals surface area contributed by atoms with E-state index in [1.807, 2.05) is 45.0 Å². The van der Waals surface area contributed by atoms with Gasteiger partial charge in [-0.15, -0.1) is 0 Å². The Labute approximate surface area is 282 Å². The van der Waals surface area contributed by atoms with Crippen LogP contribution in [0.25, 0.3) is 11.1 Å². The molecular formula is C37H46N4O7. The number of rotatable bonds is 9. The van der Waals surface area contributed by atoms with Crippen LogP contribution in [0.5, 0.6) is 0 Å². The van der Waals surface area contributed by atoms with Gasteiger partial charge in [0, 0.05) is 37.8 Å². The van der Waals surface area contributed by atoms with E-state index in [1.165, 1.54) is 11.1 Å². The van der Waals surface area contributed by atoms with Gasteiger partial charge in [0.25, 0.3) is 5.91 Å². The van der Waals surface area contributed by atoms with Crippen molar-refractivity contribution in [2.24, 2.45) is 0 Å². The molecule has 1 aliphatic carbocycles. The fourth-order valence-corrected chi connectivity index (χ4v) is 5.96. The smallest absolute Gasteiger partial charge is 0.409 e. The number of amides is 2. The summed E-state index contributed by atoms with van der Waals surface area (Å²) in [5.74, 6) is -1.22. The van der Waals surface area contributed by atoms with Crippen LogP contribution in [-0.4, -0.2) is 84.7 Å². The quantitative estimate of drug-likeness (QED) is 0.193. The van der Waals surface area contributed by atoms with Crippen molar-refractivity contribution in [3.63, 3.8) is 0 Å². The number of benzene rings is 3. The fourth-order valence-electron chi connectivity index (χ4n) is 5.96. The van der Waals surface area contributed by atoms with Gasteiger partial charge >= 0.3 is 12.1 Å². The molecule has 256 valence electrons. The van der Waals surface area contributed by atoms with Gasteiger partial charge in [-0.2, -0.15) is 0 Å². The topological polar surface area (TPSA) is 130 Å². The van der Waals surface area contributed by atoms with Gasteiger partial charge in [-0.25, -0.2) is 9.59 Å². The summed E-state index contributed by atoms with van der Waals surface area (Å²) in [5, 5.41) is 12.5. The van der Waals surface area contributed by atoms with Gasteiger partial charge in [0.1, 0.15) is 12.2 Å². The number of esters is 1. The van der Waals surface area contributed by atoms with E-state index in [0.717, 1.165) is 16.8 Å². The Balaban J connectivity index is 1.21. The highest BCUT2D eigenvalue weighted by Gasteiger charge is 2.32. The molecule has 48 heavy (non-hydrogen) atoms. The molecule has 5 rings (SSSR count). The van der Waals surface area contributed by atoms with Crippen LogP contribution in [0, 0.1) is 0 Å². The molecule has 0 aromatic heterocycles. The number of fused-ring (bicyclic) bond motifs is 3. The van der Waals surface area contributed by atoms with Gasteiger partial charge < -0.3 is 29.3 Å². The van der Waals surface area contributed by atoms with Crippen molar-refractivity contribution in [1.29, 1.82) is 0 Å². The lowest BCUT2D eigenvalue weighted by atomic mass is 9.98. The standard InChI is InChI=1S/C37H46N4O7/c1-36(2,3)47-23-32(34(43)48-37(4,5)6)38-33(42)29-21-24(15-16-31(29)39-45)40-17-19-41(20-18-40)35(44)46-22-30-27-13-9-7-11-25(27)26-12-8-10-14-28(26)30/h7-16,21,30,32,39,45H,17-20,22-23H2,1-6H3,(H,38,42). The van der Waals surface area contributed by atoms with Gasteiger partial charge in [-0.05, 0) is 82.0 Å². The van der Waals surface area contributed by atoms with E-state index >= 15 is 0 Å². The van der Waals surface area contributed by atoms with Crippen molar-refractivity contribution in [3.8, 4) is 11.1 Å². The second kappa shape index (κ2) is 14.2. The molecule has 1 heterocycles. The number of carbonyl (C=O) groups is 3. The highest BCUT2D eigenvalue weighted by molar-refractivity contribution is 6.02. The maximum Gasteiger partial charge on any atom is 0.409 e. The summed E-state index contributed by atoms with van der Waals surface area (Å²) in [4.78, 5) is 43.4. The van der Waals surface area contributed by atoms with E-state index < -0.39 is 29.1 Å².